The van der Waals surface area contributed by atoms with E-state index in [0.717, 1.165) is 0 Å². The first-order valence-corrected chi connectivity index (χ1v) is 9.83. The quantitative estimate of drug-likeness (QED) is 0.583. The third-order valence-corrected chi connectivity index (χ3v) is 5.61. The Hall–Kier alpha value is -2.13. The molecule has 0 atom stereocenters. The van der Waals surface area contributed by atoms with Crippen molar-refractivity contribution in [3.63, 3.8) is 0 Å². The van der Waals surface area contributed by atoms with E-state index >= 15 is 0 Å². The second-order valence-corrected chi connectivity index (χ2v) is 7.83. The van der Waals surface area contributed by atoms with Crippen molar-refractivity contribution in [2.24, 2.45) is 0 Å². The Morgan fingerprint density at radius 2 is 1.81 bits per heavy atom. The van der Waals surface area contributed by atoms with Crippen molar-refractivity contribution in [3.05, 3.63) is 65.2 Å². The lowest BCUT2D eigenvalue weighted by Gasteiger charge is -2.10. The summed E-state index contributed by atoms with van der Waals surface area (Å²) in [4.78, 5) is 8.24. The second kappa shape index (κ2) is 8.05. The average molecular weight is 412 g/mol. The van der Waals surface area contributed by atoms with Crippen LogP contribution in [-0.2, 0) is 10.0 Å². The van der Waals surface area contributed by atoms with E-state index in [0.29, 0.717) is 23.2 Å². The largest absolute Gasteiger partial charge is 0.369 e. The van der Waals surface area contributed by atoms with Gasteiger partial charge in [-0.25, -0.2) is 23.1 Å². The van der Waals surface area contributed by atoms with E-state index in [1.165, 1.54) is 24.5 Å². The van der Waals surface area contributed by atoms with E-state index in [1.807, 2.05) is 29.1 Å². The molecular weight excluding hydrogens is 397 g/mol. The third kappa shape index (κ3) is 4.53. The molecule has 26 heavy (non-hydrogen) atoms. The van der Waals surface area contributed by atoms with E-state index in [2.05, 4.69) is 20.0 Å². The fraction of sp³-hybridized carbons (Fsp3) is 0.125. The van der Waals surface area contributed by atoms with Crippen LogP contribution in [0.4, 0.5) is 5.82 Å². The number of aromatic nitrogens is 3. The minimum Gasteiger partial charge on any atom is -0.369 e. The van der Waals surface area contributed by atoms with Crippen LogP contribution in [0.3, 0.4) is 0 Å². The summed E-state index contributed by atoms with van der Waals surface area (Å²) in [5, 5.41) is 3.46. The van der Waals surface area contributed by atoms with E-state index in [4.69, 9.17) is 23.2 Å². The van der Waals surface area contributed by atoms with Crippen LogP contribution in [0.2, 0.25) is 10.0 Å². The Morgan fingerprint density at radius 3 is 2.58 bits per heavy atom. The van der Waals surface area contributed by atoms with Crippen molar-refractivity contribution in [2.45, 2.75) is 4.90 Å². The van der Waals surface area contributed by atoms with Crippen molar-refractivity contribution < 1.29 is 8.42 Å². The first-order valence-electron chi connectivity index (χ1n) is 7.60. The SMILES string of the molecule is O=S(=O)(NCCNc1cc(-n2cccc2)ncn1)c1cc(Cl)ccc1Cl. The lowest BCUT2D eigenvalue weighted by atomic mass is 10.4. The zero-order valence-electron chi connectivity index (χ0n) is 13.4. The van der Waals surface area contributed by atoms with Crippen LogP contribution in [0.5, 0.6) is 0 Å². The molecule has 0 amide bonds. The number of anilines is 1. The zero-order chi connectivity index (χ0) is 18.6. The highest BCUT2D eigenvalue weighted by molar-refractivity contribution is 7.89. The minimum atomic E-state index is -3.75. The molecule has 0 saturated heterocycles. The van der Waals surface area contributed by atoms with Crippen LogP contribution < -0.4 is 10.0 Å². The number of benzene rings is 1. The second-order valence-electron chi connectivity index (χ2n) is 5.25. The molecule has 0 aliphatic heterocycles. The molecule has 7 nitrogen and oxygen atoms in total. The number of halogens is 2. The summed E-state index contributed by atoms with van der Waals surface area (Å²) in [6.07, 6.45) is 5.18. The number of nitrogens with zero attached hydrogens (tertiary/aromatic N) is 3. The first-order chi connectivity index (χ1) is 12.5. The lowest BCUT2D eigenvalue weighted by molar-refractivity contribution is 0.583. The maximum Gasteiger partial charge on any atom is 0.242 e. The Balaban J connectivity index is 1.59. The summed E-state index contributed by atoms with van der Waals surface area (Å²) in [5.74, 6) is 1.29. The Labute approximate surface area is 161 Å². The van der Waals surface area contributed by atoms with Gasteiger partial charge in [-0.1, -0.05) is 23.2 Å². The third-order valence-electron chi connectivity index (χ3n) is 3.43. The van der Waals surface area contributed by atoms with Crippen LogP contribution in [0.1, 0.15) is 0 Å². The van der Waals surface area contributed by atoms with Gasteiger partial charge < -0.3 is 9.88 Å². The molecule has 0 aliphatic rings. The van der Waals surface area contributed by atoms with Crippen LogP contribution in [0.25, 0.3) is 5.82 Å². The zero-order valence-corrected chi connectivity index (χ0v) is 15.8. The topological polar surface area (TPSA) is 88.9 Å². The van der Waals surface area contributed by atoms with Gasteiger partial charge in [0.1, 0.15) is 22.9 Å². The summed E-state index contributed by atoms with van der Waals surface area (Å²) < 4.78 is 28.9. The molecule has 0 unspecified atom stereocenters. The predicted molar refractivity (Wildman–Crippen MR) is 101 cm³/mol. The highest BCUT2D eigenvalue weighted by atomic mass is 35.5. The van der Waals surface area contributed by atoms with Crippen LogP contribution in [-0.4, -0.2) is 36.0 Å². The van der Waals surface area contributed by atoms with Gasteiger partial charge >= 0.3 is 0 Å². The minimum absolute atomic E-state index is 0.0522. The van der Waals surface area contributed by atoms with Crippen molar-refractivity contribution >= 4 is 39.0 Å². The monoisotopic (exact) mass is 411 g/mol. The van der Waals surface area contributed by atoms with Gasteiger partial charge in [-0.15, -0.1) is 0 Å². The molecule has 1 aromatic carbocycles. The summed E-state index contributed by atoms with van der Waals surface area (Å²) in [5.41, 5.74) is 0. The van der Waals surface area contributed by atoms with E-state index in [9.17, 15) is 8.42 Å². The van der Waals surface area contributed by atoms with Crippen LogP contribution in [0.15, 0.2) is 60.0 Å². The van der Waals surface area contributed by atoms with Gasteiger partial charge in [-0.2, -0.15) is 0 Å². The van der Waals surface area contributed by atoms with E-state index in [-0.39, 0.29) is 16.5 Å². The predicted octanol–water partition coefficient (Wildman–Crippen LogP) is 2.96. The highest BCUT2D eigenvalue weighted by Crippen LogP contribution is 2.24. The molecule has 0 spiro atoms. The highest BCUT2D eigenvalue weighted by Gasteiger charge is 2.17. The molecule has 0 aliphatic carbocycles. The van der Waals surface area contributed by atoms with Crippen LogP contribution >= 0.6 is 23.2 Å². The fourth-order valence-corrected chi connectivity index (χ4v) is 4.00. The summed E-state index contributed by atoms with van der Waals surface area (Å²) in [6.45, 7) is 0.480. The van der Waals surface area contributed by atoms with Gasteiger partial charge in [0.05, 0.1) is 5.02 Å². The van der Waals surface area contributed by atoms with Gasteiger partial charge in [-0.3, -0.25) is 0 Å². The molecule has 2 aromatic heterocycles. The molecule has 136 valence electrons. The molecule has 3 rings (SSSR count). The van der Waals surface area contributed by atoms with E-state index < -0.39 is 10.0 Å². The Morgan fingerprint density at radius 1 is 1.04 bits per heavy atom. The number of hydrogen-bond donors (Lipinski definition) is 2. The van der Waals surface area contributed by atoms with Gasteiger partial charge in [0.25, 0.3) is 0 Å². The van der Waals surface area contributed by atoms with Crippen molar-refractivity contribution in [3.8, 4) is 5.82 Å². The Kier molecular flexibility index (Phi) is 5.77. The van der Waals surface area contributed by atoms with Gasteiger partial charge in [0.2, 0.25) is 10.0 Å². The van der Waals surface area contributed by atoms with Crippen LogP contribution in [0, 0.1) is 0 Å². The molecule has 10 heteroatoms. The smallest absolute Gasteiger partial charge is 0.242 e. The van der Waals surface area contributed by atoms with Gasteiger partial charge in [-0.05, 0) is 30.3 Å². The Bertz CT molecular complexity index is 994. The van der Waals surface area contributed by atoms with Gasteiger partial charge in [0, 0.05) is 36.6 Å². The normalized spacial score (nSPS) is 11.5. The summed E-state index contributed by atoms with van der Waals surface area (Å²) >= 11 is 11.8. The first kappa shape index (κ1) is 18.7. The van der Waals surface area contributed by atoms with Crippen molar-refractivity contribution in [1.82, 2.24) is 19.3 Å². The molecule has 0 radical (unpaired) electrons. The molecule has 3 aromatic rings. The number of hydrogen-bond acceptors (Lipinski definition) is 5. The molecule has 0 saturated carbocycles. The van der Waals surface area contributed by atoms with Crippen molar-refractivity contribution in [2.75, 3.05) is 18.4 Å². The molecule has 2 N–H and O–H groups in total. The molecule has 0 fully saturated rings. The maximum absolute atomic E-state index is 12.3. The lowest BCUT2D eigenvalue weighted by Crippen LogP contribution is -2.29. The standard InChI is InChI=1S/C16H15Cl2N5O2S/c17-12-3-4-13(18)14(9-12)26(24,25)22-6-5-19-15-10-16(21-11-20-15)23-7-1-2-8-23/h1-4,7-11,22H,5-6H2,(H,19,20,21). The fourth-order valence-electron chi connectivity index (χ4n) is 2.21. The average Bonchev–Trinajstić information content (AvgIpc) is 3.16. The van der Waals surface area contributed by atoms with Crippen molar-refractivity contribution in [1.29, 1.82) is 0 Å². The maximum atomic E-state index is 12.3. The summed E-state index contributed by atoms with van der Waals surface area (Å²) in [6, 6.07) is 9.84. The van der Waals surface area contributed by atoms with Gasteiger partial charge in [0.15, 0.2) is 0 Å². The molecule has 2 heterocycles. The molecule has 0 bridgehead atoms. The van der Waals surface area contributed by atoms with E-state index in [1.54, 1.807) is 6.07 Å². The number of nitrogens with one attached hydrogen (secondary N) is 2. The summed E-state index contributed by atoms with van der Waals surface area (Å²) in [7, 11) is -3.75. The number of sulfonamides is 1. The number of rotatable bonds is 7. The molecular formula is C16H15Cl2N5O2S.